The number of fused-ring (bicyclic) bond motifs is 1. The van der Waals surface area contributed by atoms with Gasteiger partial charge in [-0.25, -0.2) is 4.79 Å². The molecule has 4 heteroatoms. The zero-order chi connectivity index (χ0) is 10.8. The van der Waals surface area contributed by atoms with E-state index < -0.39 is 0 Å². The first-order chi connectivity index (χ1) is 7.22. The van der Waals surface area contributed by atoms with Crippen LogP contribution < -0.4 is 0 Å². The van der Waals surface area contributed by atoms with Crippen LogP contribution in [-0.2, 0) is 17.8 Å². The lowest BCUT2D eigenvalue weighted by atomic mass is 10.1. The molecule has 1 aliphatic heterocycles. The highest BCUT2D eigenvalue weighted by atomic mass is 16.6. The number of rotatable bonds is 1. The van der Waals surface area contributed by atoms with Crippen molar-refractivity contribution < 1.29 is 9.53 Å². The van der Waals surface area contributed by atoms with E-state index in [1.807, 2.05) is 26.2 Å². The molecule has 15 heavy (non-hydrogen) atoms. The first-order valence-electron chi connectivity index (χ1n) is 5.06. The van der Waals surface area contributed by atoms with Crippen LogP contribution in [0.25, 0.3) is 0 Å². The van der Waals surface area contributed by atoms with Crippen LogP contribution in [0.2, 0.25) is 0 Å². The molecule has 2 rings (SSSR count). The Morgan fingerprint density at radius 3 is 3.00 bits per heavy atom. The lowest BCUT2D eigenvalue weighted by Gasteiger charge is -2.14. The summed E-state index contributed by atoms with van der Waals surface area (Å²) in [6.07, 6.45) is 3.41. The summed E-state index contributed by atoms with van der Waals surface area (Å²) in [5.74, 6) is 0. The molecule has 0 fully saturated rings. The van der Waals surface area contributed by atoms with Crippen molar-refractivity contribution in [1.82, 2.24) is 9.88 Å². The molecule has 0 aliphatic carbocycles. The molecule has 0 bridgehead atoms. The number of nitrogens with zero attached hydrogens (tertiary/aromatic N) is 2. The summed E-state index contributed by atoms with van der Waals surface area (Å²) in [6.45, 7) is 5.50. The second-order valence-electron chi connectivity index (χ2n) is 3.65. The summed E-state index contributed by atoms with van der Waals surface area (Å²) >= 11 is 0. The molecule has 0 N–H and O–H groups in total. The number of amides is 1. The second kappa shape index (κ2) is 3.88. The van der Waals surface area contributed by atoms with E-state index in [1.54, 1.807) is 4.90 Å². The minimum Gasteiger partial charge on any atom is -0.450 e. The van der Waals surface area contributed by atoms with E-state index in [-0.39, 0.29) is 6.09 Å². The van der Waals surface area contributed by atoms with Gasteiger partial charge in [0.1, 0.15) is 0 Å². The summed E-state index contributed by atoms with van der Waals surface area (Å²) in [5, 5.41) is 0. The number of aryl methyl sites for hydroxylation is 1. The maximum Gasteiger partial charge on any atom is 0.410 e. The average Bonchev–Trinajstić information content (AvgIpc) is 2.63. The molecule has 1 aliphatic rings. The molecule has 1 aromatic heterocycles. The molecular weight excluding hydrogens is 192 g/mol. The first-order valence-corrected chi connectivity index (χ1v) is 5.06. The third kappa shape index (κ3) is 1.79. The smallest absolute Gasteiger partial charge is 0.410 e. The van der Waals surface area contributed by atoms with Gasteiger partial charge in [-0.2, -0.15) is 0 Å². The third-order valence-corrected chi connectivity index (χ3v) is 2.60. The van der Waals surface area contributed by atoms with Crippen molar-refractivity contribution in [2.45, 2.75) is 26.9 Å². The lowest BCUT2D eigenvalue weighted by molar-refractivity contribution is 0.106. The zero-order valence-electron chi connectivity index (χ0n) is 8.99. The van der Waals surface area contributed by atoms with E-state index in [2.05, 4.69) is 4.98 Å². The number of carbonyl (C=O) groups is 1. The summed E-state index contributed by atoms with van der Waals surface area (Å²) in [7, 11) is 0. The normalized spacial score (nSPS) is 13.9. The number of hydrogen-bond donors (Lipinski definition) is 0. The predicted molar refractivity (Wildman–Crippen MR) is 55.2 cm³/mol. The summed E-state index contributed by atoms with van der Waals surface area (Å²) < 4.78 is 4.96. The highest BCUT2D eigenvalue weighted by Gasteiger charge is 2.25. The average molecular weight is 206 g/mol. The SMILES string of the molecule is CCOC(=O)N1Cc2cncc(C)c2C1. The van der Waals surface area contributed by atoms with Crippen molar-refractivity contribution in [3.8, 4) is 0 Å². The van der Waals surface area contributed by atoms with E-state index in [0.29, 0.717) is 19.7 Å². The van der Waals surface area contributed by atoms with Gasteiger partial charge in [0.25, 0.3) is 0 Å². The monoisotopic (exact) mass is 206 g/mol. The largest absolute Gasteiger partial charge is 0.450 e. The van der Waals surface area contributed by atoms with E-state index in [0.717, 1.165) is 11.1 Å². The summed E-state index contributed by atoms with van der Waals surface area (Å²) in [5.41, 5.74) is 3.47. The molecule has 0 saturated carbocycles. The van der Waals surface area contributed by atoms with Crippen LogP contribution in [0.3, 0.4) is 0 Å². The highest BCUT2D eigenvalue weighted by Crippen LogP contribution is 2.24. The molecule has 1 amide bonds. The fourth-order valence-electron chi connectivity index (χ4n) is 1.81. The van der Waals surface area contributed by atoms with Crippen molar-refractivity contribution >= 4 is 6.09 Å². The van der Waals surface area contributed by atoms with Gasteiger partial charge < -0.3 is 4.74 Å². The van der Waals surface area contributed by atoms with Crippen molar-refractivity contribution in [3.63, 3.8) is 0 Å². The van der Waals surface area contributed by atoms with Crippen molar-refractivity contribution in [3.05, 3.63) is 29.1 Å². The zero-order valence-corrected chi connectivity index (χ0v) is 8.99. The van der Waals surface area contributed by atoms with Crippen molar-refractivity contribution in [1.29, 1.82) is 0 Å². The van der Waals surface area contributed by atoms with Gasteiger partial charge in [-0.15, -0.1) is 0 Å². The standard InChI is InChI=1S/C11H14N2O2/c1-3-15-11(14)13-6-9-5-12-4-8(2)10(9)7-13/h4-5H,3,6-7H2,1-2H3. The maximum atomic E-state index is 11.5. The van der Waals surface area contributed by atoms with Gasteiger partial charge in [-0.1, -0.05) is 0 Å². The van der Waals surface area contributed by atoms with Crippen LogP contribution in [-0.4, -0.2) is 22.6 Å². The maximum absolute atomic E-state index is 11.5. The summed E-state index contributed by atoms with van der Waals surface area (Å²) in [6, 6.07) is 0. The Bertz CT molecular complexity index is 390. The van der Waals surface area contributed by atoms with Gasteiger partial charge in [0.2, 0.25) is 0 Å². The molecule has 80 valence electrons. The Morgan fingerprint density at radius 2 is 2.33 bits per heavy atom. The van der Waals surface area contributed by atoms with Gasteiger partial charge >= 0.3 is 6.09 Å². The molecule has 0 radical (unpaired) electrons. The lowest BCUT2D eigenvalue weighted by Crippen LogP contribution is -2.26. The van der Waals surface area contributed by atoms with Crippen molar-refractivity contribution in [2.24, 2.45) is 0 Å². The quantitative estimate of drug-likeness (QED) is 0.704. The Kier molecular flexibility index (Phi) is 2.58. The van der Waals surface area contributed by atoms with Crippen molar-refractivity contribution in [2.75, 3.05) is 6.61 Å². The Morgan fingerprint density at radius 1 is 1.53 bits per heavy atom. The molecule has 1 aromatic rings. The van der Waals surface area contributed by atoms with Crippen LogP contribution in [0.5, 0.6) is 0 Å². The molecule has 0 saturated heterocycles. The molecular formula is C11H14N2O2. The number of ether oxygens (including phenoxy) is 1. The second-order valence-corrected chi connectivity index (χ2v) is 3.65. The van der Waals surface area contributed by atoms with Crippen LogP contribution in [0, 0.1) is 6.92 Å². The predicted octanol–water partition coefficient (Wildman–Crippen LogP) is 1.86. The van der Waals surface area contributed by atoms with Crippen LogP contribution in [0.15, 0.2) is 12.4 Å². The van der Waals surface area contributed by atoms with Gasteiger partial charge in [-0.05, 0) is 30.5 Å². The topological polar surface area (TPSA) is 42.4 Å². The Labute approximate surface area is 88.9 Å². The fourth-order valence-corrected chi connectivity index (χ4v) is 1.81. The molecule has 0 aromatic carbocycles. The molecule has 0 unspecified atom stereocenters. The molecule has 2 heterocycles. The molecule has 4 nitrogen and oxygen atoms in total. The number of aromatic nitrogens is 1. The Balaban J connectivity index is 2.15. The number of hydrogen-bond acceptors (Lipinski definition) is 3. The van der Waals surface area contributed by atoms with E-state index in [4.69, 9.17) is 4.74 Å². The number of carbonyl (C=O) groups excluding carboxylic acids is 1. The molecule has 0 spiro atoms. The highest BCUT2D eigenvalue weighted by molar-refractivity contribution is 5.68. The van der Waals surface area contributed by atoms with Gasteiger partial charge in [0.05, 0.1) is 19.7 Å². The fraction of sp³-hybridized carbons (Fsp3) is 0.455. The van der Waals surface area contributed by atoms with Gasteiger partial charge in [0, 0.05) is 12.4 Å². The van der Waals surface area contributed by atoms with Crippen LogP contribution in [0.1, 0.15) is 23.6 Å². The van der Waals surface area contributed by atoms with Gasteiger partial charge in [0.15, 0.2) is 0 Å². The third-order valence-electron chi connectivity index (χ3n) is 2.60. The molecule has 0 atom stereocenters. The van der Waals surface area contributed by atoms with Gasteiger partial charge in [-0.3, -0.25) is 9.88 Å². The minimum atomic E-state index is -0.242. The van der Waals surface area contributed by atoms with Crippen LogP contribution in [0.4, 0.5) is 4.79 Å². The van der Waals surface area contributed by atoms with E-state index >= 15 is 0 Å². The van der Waals surface area contributed by atoms with E-state index in [1.165, 1.54) is 5.56 Å². The van der Waals surface area contributed by atoms with Crippen LogP contribution >= 0.6 is 0 Å². The first kappa shape index (κ1) is 9.96. The Hall–Kier alpha value is -1.58. The number of pyridine rings is 1. The minimum absolute atomic E-state index is 0.242. The summed E-state index contributed by atoms with van der Waals surface area (Å²) in [4.78, 5) is 17.3. The van der Waals surface area contributed by atoms with E-state index in [9.17, 15) is 4.79 Å².